The number of rotatable bonds is 6. The third-order valence-electron chi connectivity index (χ3n) is 5.30. The minimum Gasteiger partial charge on any atom is -0.368 e. The van der Waals surface area contributed by atoms with E-state index in [1.54, 1.807) is 4.90 Å². The van der Waals surface area contributed by atoms with E-state index in [0.717, 1.165) is 25.2 Å². The van der Waals surface area contributed by atoms with E-state index in [0.29, 0.717) is 13.1 Å². The summed E-state index contributed by atoms with van der Waals surface area (Å²) in [5, 5.41) is 0. The normalized spacial score (nSPS) is 14.9. The van der Waals surface area contributed by atoms with Crippen molar-refractivity contribution in [1.82, 2.24) is 9.62 Å². The Morgan fingerprint density at radius 1 is 1.03 bits per heavy atom. The van der Waals surface area contributed by atoms with Crippen LogP contribution < -0.4 is 9.62 Å². The van der Waals surface area contributed by atoms with E-state index in [1.165, 1.54) is 28.9 Å². The van der Waals surface area contributed by atoms with Crippen LogP contribution in [-0.4, -0.2) is 51.9 Å². The molecule has 0 radical (unpaired) electrons. The molecule has 1 N–H and O–H groups in total. The van der Waals surface area contributed by atoms with Crippen LogP contribution in [0.1, 0.15) is 17.5 Å². The van der Waals surface area contributed by atoms with Crippen molar-refractivity contribution < 1.29 is 17.6 Å². The van der Waals surface area contributed by atoms with Gasteiger partial charge in [0.25, 0.3) is 0 Å². The molecule has 1 heterocycles. The lowest BCUT2D eigenvalue weighted by Gasteiger charge is -2.37. The maximum absolute atomic E-state index is 12.9. The quantitative estimate of drug-likeness (QED) is 0.781. The number of hydrogen-bond donors (Lipinski definition) is 1. The van der Waals surface area contributed by atoms with Gasteiger partial charge in [0.2, 0.25) is 15.9 Å². The van der Waals surface area contributed by atoms with E-state index in [1.807, 2.05) is 6.07 Å². The molecule has 0 atom stereocenters. The van der Waals surface area contributed by atoms with Gasteiger partial charge in [-0.25, -0.2) is 17.5 Å². The second-order valence-corrected chi connectivity index (χ2v) is 8.96. The Labute approximate surface area is 171 Å². The number of nitrogens with one attached hydrogen (secondary N) is 1. The molecule has 0 bridgehead atoms. The maximum Gasteiger partial charge on any atom is 0.240 e. The van der Waals surface area contributed by atoms with Gasteiger partial charge >= 0.3 is 0 Å². The van der Waals surface area contributed by atoms with Gasteiger partial charge in [-0.3, -0.25) is 4.79 Å². The predicted molar refractivity (Wildman–Crippen MR) is 111 cm³/mol. The number of benzene rings is 2. The zero-order valence-corrected chi connectivity index (χ0v) is 17.5. The molecule has 1 fully saturated rings. The fourth-order valence-electron chi connectivity index (χ4n) is 3.42. The first-order chi connectivity index (χ1) is 13.8. The molecule has 2 aromatic carbocycles. The first-order valence-corrected chi connectivity index (χ1v) is 11.1. The molecule has 156 valence electrons. The van der Waals surface area contributed by atoms with Crippen molar-refractivity contribution in [3.8, 4) is 0 Å². The molecule has 1 saturated heterocycles. The highest BCUT2D eigenvalue weighted by Crippen LogP contribution is 2.24. The number of aryl methyl sites for hydroxylation is 1. The van der Waals surface area contributed by atoms with Crippen molar-refractivity contribution in [3.05, 3.63) is 59.4 Å². The van der Waals surface area contributed by atoms with E-state index >= 15 is 0 Å². The molecule has 0 unspecified atom stereocenters. The second-order valence-electron chi connectivity index (χ2n) is 7.19. The monoisotopic (exact) mass is 419 g/mol. The Morgan fingerprint density at radius 2 is 1.69 bits per heavy atom. The van der Waals surface area contributed by atoms with Gasteiger partial charge in [-0.1, -0.05) is 12.1 Å². The van der Waals surface area contributed by atoms with Gasteiger partial charge in [0, 0.05) is 44.8 Å². The average molecular weight is 420 g/mol. The summed E-state index contributed by atoms with van der Waals surface area (Å²) in [5.41, 5.74) is 3.70. The van der Waals surface area contributed by atoms with Gasteiger partial charge in [-0.05, 0) is 55.3 Å². The number of sulfonamides is 1. The van der Waals surface area contributed by atoms with Gasteiger partial charge in [-0.2, -0.15) is 0 Å². The molecular weight excluding hydrogens is 393 g/mol. The number of anilines is 1. The summed E-state index contributed by atoms with van der Waals surface area (Å²) in [4.78, 5) is 16.5. The van der Waals surface area contributed by atoms with Gasteiger partial charge in [0.05, 0.1) is 4.90 Å². The Balaban J connectivity index is 1.49. The Bertz CT molecular complexity index is 969. The molecule has 29 heavy (non-hydrogen) atoms. The highest BCUT2D eigenvalue weighted by molar-refractivity contribution is 7.89. The van der Waals surface area contributed by atoms with Crippen molar-refractivity contribution in [3.63, 3.8) is 0 Å². The summed E-state index contributed by atoms with van der Waals surface area (Å²) >= 11 is 0. The zero-order valence-electron chi connectivity index (χ0n) is 16.7. The summed E-state index contributed by atoms with van der Waals surface area (Å²) in [6.07, 6.45) is 0.0872. The number of carbonyl (C=O) groups is 1. The van der Waals surface area contributed by atoms with E-state index in [2.05, 4.69) is 35.6 Å². The molecule has 2 aromatic rings. The van der Waals surface area contributed by atoms with Crippen LogP contribution in [0.5, 0.6) is 0 Å². The van der Waals surface area contributed by atoms with Crippen molar-refractivity contribution in [2.24, 2.45) is 0 Å². The lowest BCUT2D eigenvalue weighted by atomic mass is 10.1. The van der Waals surface area contributed by atoms with Gasteiger partial charge < -0.3 is 9.80 Å². The third-order valence-corrected chi connectivity index (χ3v) is 6.78. The Hall–Kier alpha value is -2.45. The van der Waals surface area contributed by atoms with Crippen molar-refractivity contribution in [2.75, 3.05) is 37.6 Å². The standard InChI is InChI=1S/C21H26FN3O3S/c1-16-4-3-5-20(17(16)2)24-12-14-25(15-13-24)21(26)10-11-23-29(27,28)19-8-6-18(22)7-9-19/h3-9,23H,10-15H2,1-2H3. The van der Waals surface area contributed by atoms with Crippen LogP contribution in [0.2, 0.25) is 0 Å². The number of halogens is 1. The molecule has 0 aliphatic carbocycles. The Morgan fingerprint density at radius 3 is 2.34 bits per heavy atom. The minimum absolute atomic E-state index is 0.00967. The molecule has 1 aliphatic heterocycles. The van der Waals surface area contributed by atoms with Crippen LogP contribution in [0.15, 0.2) is 47.4 Å². The van der Waals surface area contributed by atoms with Crippen molar-refractivity contribution in [2.45, 2.75) is 25.2 Å². The maximum atomic E-state index is 12.9. The smallest absolute Gasteiger partial charge is 0.240 e. The van der Waals surface area contributed by atoms with E-state index in [4.69, 9.17) is 0 Å². The molecular formula is C21H26FN3O3S. The Kier molecular flexibility index (Phi) is 6.54. The third kappa shape index (κ3) is 5.13. The molecule has 1 amide bonds. The van der Waals surface area contributed by atoms with E-state index < -0.39 is 15.8 Å². The first-order valence-electron chi connectivity index (χ1n) is 9.62. The summed E-state index contributed by atoms with van der Waals surface area (Å²) < 4.78 is 39.7. The molecule has 6 nitrogen and oxygen atoms in total. The second kappa shape index (κ2) is 8.92. The molecule has 3 rings (SSSR count). The fraction of sp³-hybridized carbons (Fsp3) is 0.381. The van der Waals surface area contributed by atoms with Crippen LogP contribution in [0.25, 0.3) is 0 Å². The van der Waals surface area contributed by atoms with Crippen molar-refractivity contribution >= 4 is 21.6 Å². The first kappa shape index (κ1) is 21.3. The summed E-state index contributed by atoms with van der Waals surface area (Å²) in [7, 11) is -3.75. The van der Waals surface area contributed by atoms with Gasteiger partial charge in [-0.15, -0.1) is 0 Å². The van der Waals surface area contributed by atoms with Crippen LogP contribution in [0, 0.1) is 19.7 Å². The van der Waals surface area contributed by atoms with Gasteiger partial charge in [0.15, 0.2) is 0 Å². The van der Waals surface area contributed by atoms with Crippen LogP contribution in [-0.2, 0) is 14.8 Å². The number of piperazine rings is 1. The SMILES string of the molecule is Cc1cccc(N2CCN(C(=O)CCNS(=O)(=O)c3ccc(F)cc3)CC2)c1C. The topological polar surface area (TPSA) is 69.7 Å². The van der Waals surface area contributed by atoms with Gasteiger partial charge in [0.1, 0.15) is 5.82 Å². The average Bonchev–Trinajstić information content (AvgIpc) is 2.70. The number of hydrogen-bond acceptors (Lipinski definition) is 4. The summed E-state index contributed by atoms with van der Waals surface area (Å²) in [6, 6.07) is 10.8. The highest BCUT2D eigenvalue weighted by atomic mass is 32.2. The number of nitrogens with zero attached hydrogens (tertiary/aromatic N) is 2. The largest absolute Gasteiger partial charge is 0.368 e. The zero-order chi connectivity index (χ0) is 21.0. The van der Waals surface area contributed by atoms with E-state index in [-0.39, 0.29) is 23.8 Å². The minimum atomic E-state index is -3.75. The summed E-state index contributed by atoms with van der Waals surface area (Å²) in [5.74, 6) is -0.577. The molecule has 1 aliphatic rings. The molecule has 8 heteroatoms. The lowest BCUT2D eigenvalue weighted by Crippen LogP contribution is -2.49. The lowest BCUT2D eigenvalue weighted by molar-refractivity contribution is -0.131. The van der Waals surface area contributed by atoms with E-state index in [9.17, 15) is 17.6 Å². The predicted octanol–water partition coefficient (Wildman–Crippen LogP) is 2.46. The number of carbonyl (C=O) groups excluding carboxylic acids is 1. The highest BCUT2D eigenvalue weighted by Gasteiger charge is 2.22. The van der Waals surface area contributed by atoms with Crippen LogP contribution >= 0.6 is 0 Å². The van der Waals surface area contributed by atoms with Crippen molar-refractivity contribution in [1.29, 1.82) is 0 Å². The molecule has 0 saturated carbocycles. The molecule has 0 spiro atoms. The van der Waals surface area contributed by atoms with Crippen LogP contribution in [0.4, 0.5) is 10.1 Å². The van der Waals surface area contributed by atoms with Crippen LogP contribution in [0.3, 0.4) is 0 Å². The summed E-state index contributed by atoms with van der Waals surface area (Å²) in [6.45, 7) is 6.92. The molecule has 0 aromatic heterocycles. The number of amides is 1. The fourth-order valence-corrected chi connectivity index (χ4v) is 4.45.